The predicted octanol–water partition coefficient (Wildman–Crippen LogP) is 3.26. The van der Waals surface area contributed by atoms with Crippen molar-refractivity contribution in [3.63, 3.8) is 0 Å². The molecule has 9 rings (SSSR count). The topological polar surface area (TPSA) is 182 Å². The number of anilines is 4. The molecule has 5 amide bonds. The number of likely N-dealkylation sites (N-methyl/N-ethyl adjacent to an activating group) is 1. The van der Waals surface area contributed by atoms with E-state index in [2.05, 4.69) is 48.5 Å². The van der Waals surface area contributed by atoms with Crippen LogP contribution in [0.5, 0.6) is 0 Å². The number of amides is 5. The average molecular weight is 802 g/mol. The molecule has 5 saturated heterocycles. The predicted molar refractivity (Wildman–Crippen MR) is 224 cm³/mol. The number of hydrogen-bond acceptors (Lipinski definition) is 11. The maximum Gasteiger partial charge on any atom is 0.320 e. The second kappa shape index (κ2) is 16.0. The molecule has 16 heteroatoms. The van der Waals surface area contributed by atoms with Gasteiger partial charge in [0.05, 0.1) is 12.2 Å². The molecule has 0 bridgehead atoms. The molecule has 308 valence electrons. The Morgan fingerprint density at radius 3 is 2.42 bits per heavy atom. The van der Waals surface area contributed by atoms with Crippen molar-refractivity contribution in [1.29, 1.82) is 0 Å². The van der Waals surface area contributed by atoms with Crippen LogP contribution in [0.2, 0.25) is 0 Å². The summed E-state index contributed by atoms with van der Waals surface area (Å²) >= 11 is 0. The number of primary amides is 1. The summed E-state index contributed by atoms with van der Waals surface area (Å²) in [7, 11) is 1.84. The van der Waals surface area contributed by atoms with Gasteiger partial charge in [-0.15, -0.1) is 0 Å². The van der Waals surface area contributed by atoms with Gasteiger partial charge in [-0.25, -0.2) is 14.8 Å². The van der Waals surface area contributed by atoms with Crippen molar-refractivity contribution in [3.8, 4) is 0 Å². The molecule has 4 aromatic rings. The third-order valence-corrected chi connectivity index (χ3v) is 13.0. The lowest BCUT2D eigenvalue weighted by atomic mass is 9.88. The largest absolute Gasteiger partial charge is 0.371 e. The molecule has 0 spiro atoms. The number of likely N-dealkylation sites (tertiary alicyclic amines) is 1. The highest BCUT2D eigenvalue weighted by atomic mass is 16.2. The van der Waals surface area contributed by atoms with Gasteiger partial charge in [-0.1, -0.05) is 12.1 Å². The fraction of sp³-hybridized carbons (Fsp3) is 0.465. The van der Waals surface area contributed by atoms with E-state index in [-0.39, 0.29) is 35.7 Å². The van der Waals surface area contributed by atoms with Gasteiger partial charge in [0, 0.05) is 101 Å². The molecule has 2 atom stereocenters. The van der Waals surface area contributed by atoms with Crippen LogP contribution in [0.15, 0.2) is 65.7 Å². The molecule has 59 heavy (non-hydrogen) atoms. The number of imide groups is 1. The lowest BCUT2D eigenvalue weighted by Gasteiger charge is -2.43. The zero-order chi connectivity index (χ0) is 40.8. The van der Waals surface area contributed by atoms with Crippen molar-refractivity contribution in [3.05, 3.63) is 82.5 Å². The van der Waals surface area contributed by atoms with E-state index in [1.807, 2.05) is 42.3 Å². The zero-order valence-corrected chi connectivity index (χ0v) is 33.4. The summed E-state index contributed by atoms with van der Waals surface area (Å²) in [6.07, 6.45) is 7.89. The molecular formula is C43H51N11O5. The number of carbonyl (C=O) groups is 4. The Kier molecular flexibility index (Phi) is 10.4. The molecule has 1 unspecified atom stereocenters. The molecule has 2 aromatic heterocycles. The number of nitrogens with zero attached hydrogens (tertiary/aromatic N) is 8. The Morgan fingerprint density at radius 1 is 0.898 bits per heavy atom. The highest BCUT2D eigenvalue weighted by Gasteiger charge is 2.35. The lowest BCUT2D eigenvalue weighted by Crippen LogP contribution is -2.49. The number of nitrogens with one attached hydrogen (secondary N) is 2. The quantitative estimate of drug-likeness (QED) is 0.200. The monoisotopic (exact) mass is 801 g/mol. The summed E-state index contributed by atoms with van der Waals surface area (Å²) in [5.41, 5.74) is 8.75. The van der Waals surface area contributed by atoms with Crippen molar-refractivity contribution in [2.45, 2.75) is 56.5 Å². The first-order valence-electron chi connectivity index (χ1n) is 20.8. The second-order valence-corrected chi connectivity index (χ2v) is 16.8. The maximum absolute atomic E-state index is 13.3. The molecule has 4 N–H and O–H groups in total. The Balaban J connectivity index is 0.762. The van der Waals surface area contributed by atoms with Gasteiger partial charge in [-0.05, 0) is 85.4 Å². The minimum Gasteiger partial charge on any atom is -0.371 e. The minimum absolute atomic E-state index is 0.0665. The smallest absolute Gasteiger partial charge is 0.320 e. The molecule has 16 nitrogen and oxygen atoms in total. The molecule has 5 aliphatic rings. The van der Waals surface area contributed by atoms with E-state index in [4.69, 9.17) is 10.7 Å². The summed E-state index contributed by atoms with van der Waals surface area (Å²) in [5, 5.41) is 7.06. The highest BCUT2D eigenvalue weighted by molar-refractivity contribution is 5.99. The van der Waals surface area contributed by atoms with Gasteiger partial charge in [0.1, 0.15) is 11.9 Å². The Labute approximate surface area is 342 Å². The van der Waals surface area contributed by atoms with Gasteiger partial charge in [0.15, 0.2) is 11.5 Å². The highest BCUT2D eigenvalue weighted by Crippen LogP contribution is 2.33. The van der Waals surface area contributed by atoms with Crippen LogP contribution in [0.3, 0.4) is 0 Å². The van der Waals surface area contributed by atoms with Crippen LogP contribution in [-0.4, -0.2) is 125 Å². The fourth-order valence-electron chi connectivity index (χ4n) is 9.51. The summed E-state index contributed by atoms with van der Waals surface area (Å²) in [5.74, 6) is 0.669. The second-order valence-electron chi connectivity index (χ2n) is 16.8. The number of urea groups is 1. The number of benzene rings is 2. The van der Waals surface area contributed by atoms with Crippen molar-refractivity contribution in [1.82, 2.24) is 34.6 Å². The molecule has 0 radical (unpaired) electrons. The average Bonchev–Trinajstić information content (AvgIpc) is 3.57. The van der Waals surface area contributed by atoms with Gasteiger partial charge in [-0.2, -0.15) is 0 Å². The van der Waals surface area contributed by atoms with E-state index in [0.717, 1.165) is 94.8 Å². The first-order chi connectivity index (χ1) is 28.6. The van der Waals surface area contributed by atoms with Gasteiger partial charge in [0.2, 0.25) is 11.8 Å². The molecule has 2 aromatic carbocycles. The van der Waals surface area contributed by atoms with Crippen LogP contribution < -0.4 is 31.7 Å². The number of nitrogens with two attached hydrogens (primary N) is 1. The third kappa shape index (κ3) is 7.80. The van der Waals surface area contributed by atoms with Crippen LogP contribution in [0.4, 0.5) is 27.8 Å². The number of fused-ring (bicyclic) bond motifs is 1. The minimum atomic E-state index is -0.671. The van der Waals surface area contributed by atoms with Gasteiger partial charge < -0.3 is 40.1 Å². The zero-order valence-electron chi connectivity index (χ0n) is 33.4. The van der Waals surface area contributed by atoms with Crippen molar-refractivity contribution in [2.75, 3.05) is 81.1 Å². The van der Waals surface area contributed by atoms with E-state index in [0.29, 0.717) is 41.8 Å². The Bertz CT molecular complexity index is 2340. The normalized spacial score (nSPS) is 22.2. The fourth-order valence-corrected chi connectivity index (χ4v) is 9.51. The van der Waals surface area contributed by atoms with Gasteiger partial charge in [-0.3, -0.25) is 24.5 Å². The van der Waals surface area contributed by atoms with Crippen molar-refractivity contribution in [2.24, 2.45) is 11.7 Å². The number of piperidine rings is 3. The summed E-state index contributed by atoms with van der Waals surface area (Å²) in [6.45, 7) is 7.93. The van der Waals surface area contributed by atoms with Crippen LogP contribution in [-0.2, 0) is 9.59 Å². The summed E-state index contributed by atoms with van der Waals surface area (Å²) < 4.78 is 1.45. The van der Waals surface area contributed by atoms with E-state index in [1.54, 1.807) is 17.3 Å². The molecular weight excluding hydrogens is 751 g/mol. The first-order valence-corrected chi connectivity index (χ1v) is 20.8. The summed E-state index contributed by atoms with van der Waals surface area (Å²) in [6, 6.07) is 15.6. The standard InChI is InChI=1S/C43H51N11O5/c1-49-19-20-53(43(49)59)33-3-2-15-52(26-33)36-22-45-38(39(44)56)40(47-36)46-31-6-4-28(5-7-31)30-24-50(25-30)23-27-12-16-51(17-13-27)32-8-9-34-29(21-32)14-18-54(42(34)58)35-10-11-37(55)48-41(35)57/h4-9,14,18,21-22,27,30,33,35H,2-3,10-13,15-17,19-20,23-26H2,1H3,(H2,44,56)(H,46,47)(H,48,55,57)/t33-,35?/m1/s1. The van der Waals surface area contributed by atoms with E-state index < -0.39 is 17.9 Å². The number of rotatable bonds is 10. The maximum atomic E-state index is 13.3. The molecule has 0 aliphatic carbocycles. The van der Waals surface area contributed by atoms with Crippen molar-refractivity contribution >= 4 is 57.5 Å². The molecule has 0 saturated carbocycles. The van der Waals surface area contributed by atoms with Crippen LogP contribution in [0, 0.1) is 5.92 Å². The Morgan fingerprint density at radius 2 is 1.69 bits per heavy atom. The number of pyridine rings is 1. The van der Waals surface area contributed by atoms with Gasteiger partial charge in [0.25, 0.3) is 11.5 Å². The number of hydrogen-bond donors (Lipinski definition) is 3. The Hall–Kier alpha value is -6.03. The molecule has 7 heterocycles. The first kappa shape index (κ1) is 38.5. The molecule has 5 fully saturated rings. The number of carbonyl (C=O) groups excluding carboxylic acids is 4. The van der Waals surface area contributed by atoms with E-state index in [9.17, 15) is 24.0 Å². The third-order valence-electron chi connectivity index (χ3n) is 13.0. The van der Waals surface area contributed by atoms with Crippen molar-refractivity contribution < 1.29 is 19.2 Å². The summed E-state index contributed by atoms with van der Waals surface area (Å²) in [4.78, 5) is 82.3. The molecule has 5 aliphatic heterocycles. The lowest BCUT2D eigenvalue weighted by molar-refractivity contribution is -0.135. The number of aromatic nitrogens is 3. The van der Waals surface area contributed by atoms with Crippen LogP contribution in [0.25, 0.3) is 10.8 Å². The SMILES string of the molecule is CN1CCN([C@@H]2CCCN(c3cnc(C(N)=O)c(Nc4ccc(C5CN(CC6CCN(c7ccc8c(=O)n(C9CCC(=O)NC9=O)ccc8c7)CC6)C5)cc4)n3)C2)C1=O. The van der Waals surface area contributed by atoms with E-state index in [1.165, 1.54) is 10.1 Å². The van der Waals surface area contributed by atoms with E-state index >= 15 is 0 Å². The van der Waals surface area contributed by atoms with Crippen LogP contribution in [0.1, 0.15) is 66.5 Å². The van der Waals surface area contributed by atoms with Gasteiger partial charge >= 0.3 is 6.03 Å². The van der Waals surface area contributed by atoms with Crippen LogP contribution >= 0.6 is 0 Å².